The second kappa shape index (κ2) is 9.13. The van der Waals surface area contributed by atoms with E-state index < -0.39 is 5.97 Å². The van der Waals surface area contributed by atoms with Crippen LogP contribution < -0.4 is 14.2 Å². The number of ether oxygens (including phenoxy) is 3. The van der Waals surface area contributed by atoms with E-state index in [0.717, 1.165) is 16.8 Å². The molecular weight excluding hydrogens is 380 g/mol. The minimum absolute atomic E-state index is 0.00839. The van der Waals surface area contributed by atoms with Crippen LogP contribution in [-0.2, 0) is 17.9 Å². The van der Waals surface area contributed by atoms with Crippen molar-refractivity contribution in [2.24, 2.45) is 0 Å². The van der Waals surface area contributed by atoms with Gasteiger partial charge in [-0.2, -0.15) is 0 Å². The van der Waals surface area contributed by atoms with Crippen molar-refractivity contribution in [1.29, 1.82) is 0 Å². The Morgan fingerprint density at radius 2 is 1.57 bits per heavy atom. The lowest BCUT2D eigenvalue weighted by molar-refractivity contribution is -0.135. The van der Waals surface area contributed by atoms with Gasteiger partial charge in [0.05, 0.1) is 17.6 Å². The minimum atomic E-state index is -0.411. The molecule has 0 fully saturated rings. The van der Waals surface area contributed by atoms with Crippen LogP contribution in [0.4, 0.5) is 0 Å². The fraction of sp³-hybridized carbons (Fsp3) is 0.167. The summed E-state index contributed by atoms with van der Waals surface area (Å²) in [6.45, 7) is 2.62. The highest BCUT2D eigenvalue weighted by Gasteiger charge is 2.17. The fourth-order valence-electron chi connectivity index (χ4n) is 3.17. The van der Waals surface area contributed by atoms with Gasteiger partial charge in [-0.25, -0.2) is 9.78 Å². The van der Waals surface area contributed by atoms with Crippen molar-refractivity contribution < 1.29 is 19.0 Å². The van der Waals surface area contributed by atoms with Crippen LogP contribution in [0.25, 0.3) is 11.0 Å². The van der Waals surface area contributed by atoms with Crippen molar-refractivity contribution in [3.8, 4) is 17.2 Å². The molecule has 0 saturated carbocycles. The van der Waals surface area contributed by atoms with Gasteiger partial charge < -0.3 is 18.8 Å². The molecule has 30 heavy (non-hydrogen) atoms. The van der Waals surface area contributed by atoms with E-state index in [1.54, 1.807) is 18.2 Å². The molecule has 0 atom stereocenters. The number of hydrogen-bond donors (Lipinski definition) is 0. The average molecular weight is 402 g/mol. The van der Waals surface area contributed by atoms with Gasteiger partial charge >= 0.3 is 5.97 Å². The average Bonchev–Trinajstić information content (AvgIpc) is 3.12. The maximum atomic E-state index is 12.7. The molecule has 1 aromatic heterocycles. The van der Waals surface area contributed by atoms with Crippen LogP contribution in [0.5, 0.6) is 17.2 Å². The topological polar surface area (TPSA) is 62.6 Å². The number of esters is 1. The molecule has 0 amide bonds. The SMILES string of the molecule is CCOc1ccccc1OC(=O)Cn1c(COc2ccccc2)nc2ccccc21. The van der Waals surface area contributed by atoms with Gasteiger partial charge in [-0.3, -0.25) is 0 Å². The molecule has 0 radical (unpaired) electrons. The fourth-order valence-corrected chi connectivity index (χ4v) is 3.17. The number of hydrogen-bond acceptors (Lipinski definition) is 5. The minimum Gasteiger partial charge on any atom is -0.490 e. The summed E-state index contributed by atoms with van der Waals surface area (Å²) >= 11 is 0. The highest BCUT2D eigenvalue weighted by atomic mass is 16.6. The molecule has 6 heteroatoms. The molecule has 4 rings (SSSR count). The molecule has 152 valence electrons. The molecule has 0 aliphatic heterocycles. The largest absolute Gasteiger partial charge is 0.490 e. The first-order valence-corrected chi connectivity index (χ1v) is 9.79. The third-order valence-electron chi connectivity index (χ3n) is 4.50. The second-order valence-corrected chi connectivity index (χ2v) is 6.56. The van der Waals surface area contributed by atoms with Gasteiger partial charge in [0.25, 0.3) is 0 Å². The van der Waals surface area contributed by atoms with E-state index in [2.05, 4.69) is 4.98 Å². The molecule has 0 saturated heterocycles. The molecule has 4 aromatic rings. The number of carbonyl (C=O) groups excluding carboxylic acids is 1. The number of fused-ring (bicyclic) bond motifs is 1. The van der Waals surface area contributed by atoms with Crippen LogP contribution in [0.15, 0.2) is 78.9 Å². The van der Waals surface area contributed by atoms with Crippen molar-refractivity contribution in [2.45, 2.75) is 20.1 Å². The lowest BCUT2D eigenvalue weighted by Crippen LogP contribution is -2.19. The van der Waals surface area contributed by atoms with Gasteiger partial charge in [-0.15, -0.1) is 0 Å². The number of para-hydroxylation sites is 5. The lowest BCUT2D eigenvalue weighted by Gasteiger charge is -2.12. The summed E-state index contributed by atoms with van der Waals surface area (Å²) in [4.78, 5) is 17.4. The standard InChI is InChI=1S/C24H22N2O4/c1-2-28-21-14-8-9-15-22(21)30-24(27)16-26-20-13-7-6-12-19(20)25-23(26)17-29-18-10-4-3-5-11-18/h3-15H,2,16-17H2,1H3. The number of nitrogens with zero attached hydrogens (tertiary/aromatic N) is 2. The first kappa shape index (κ1) is 19.5. The molecule has 0 aliphatic carbocycles. The molecule has 0 N–H and O–H groups in total. The highest BCUT2D eigenvalue weighted by Crippen LogP contribution is 2.27. The summed E-state index contributed by atoms with van der Waals surface area (Å²) in [5.74, 6) is 1.91. The Morgan fingerprint density at radius 3 is 2.37 bits per heavy atom. The van der Waals surface area contributed by atoms with Crippen LogP contribution in [0, 0.1) is 0 Å². The van der Waals surface area contributed by atoms with Gasteiger partial charge in [0.15, 0.2) is 11.5 Å². The third-order valence-corrected chi connectivity index (χ3v) is 4.50. The van der Waals surface area contributed by atoms with Crippen LogP contribution >= 0.6 is 0 Å². The zero-order chi connectivity index (χ0) is 20.8. The third kappa shape index (κ3) is 4.43. The van der Waals surface area contributed by atoms with E-state index >= 15 is 0 Å². The summed E-state index contributed by atoms with van der Waals surface area (Å²) in [5.41, 5.74) is 1.64. The Labute approximate surface area is 174 Å². The molecule has 6 nitrogen and oxygen atoms in total. The van der Waals surface area contributed by atoms with E-state index in [1.807, 2.05) is 72.2 Å². The zero-order valence-electron chi connectivity index (χ0n) is 16.7. The predicted molar refractivity (Wildman–Crippen MR) is 114 cm³/mol. The first-order chi connectivity index (χ1) is 14.7. The van der Waals surface area contributed by atoms with Crippen molar-refractivity contribution >= 4 is 17.0 Å². The summed E-state index contributed by atoms with van der Waals surface area (Å²) in [6, 6.07) is 24.3. The van der Waals surface area contributed by atoms with Crippen LogP contribution in [-0.4, -0.2) is 22.1 Å². The number of aromatic nitrogens is 2. The smallest absolute Gasteiger partial charge is 0.331 e. The maximum Gasteiger partial charge on any atom is 0.331 e. The number of carbonyl (C=O) groups is 1. The zero-order valence-corrected chi connectivity index (χ0v) is 16.7. The van der Waals surface area contributed by atoms with Crippen molar-refractivity contribution in [3.63, 3.8) is 0 Å². The lowest BCUT2D eigenvalue weighted by atomic mass is 10.3. The Balaban J connectivity index is 1.56. The quantitative estimate of drug-likeness (QED) is 0.318. The van der Waals surface area contributed by atoms with Crippen LogP contribution in [0.2, 0.25) is 0 Å². The van der Waals surface area contributed by atoms with Gasteiger partial charge in [-0.1, -0.05) is 42.5 Å². The Hall–Kier alpha value is -3.80. The Morgan fingerprint density at radius 1 is 0.867 bits per heavy atom. The van der Waals surface area contributed by atoms with E-state index in [4.69, 9.17) is 14.2 Å². The maximum absolute atomic E-state index is 12.7. The first-order valence-electron chi connectivity index (χ1n) is 9.79. The number of rotatable bonds is 8. The summed E-state index contributed by atoms with van der Waals surface area (Å²) in [6.07, 6.45) is 0. The van der Waals surface area contributed by atoms with Crippen LogP contribution in [0.1, 0.15) is 12.7 Å². The second-order valence-electron chi connectivity index (χ2n) is 6.56. The number of imidazole rings is 1. The molecule has 0 bridgehead atoms. The Bertz CT molecular complexity index is 1140. The molecule has 3 aromatic carbocycles. The Kier molecular flexibility index (Phi) is 5.94. The van der Waals surface area contributed by atoms with Crippen molar-refractivity contribution in [3.05, 3.63) is 84.7 Å². The van der Waals surface area contributed by atoms with E-state index in [9.17, 15) is 4.79 Å². The van der Waals surface area contributed by atoms with Gasteiger partial charge in [0.1, 0.15) is 24.7 Å². The van der Waals surface area contributed by atoms with Crippen LogP contribution in [0.3, 0.4) is 0 Å². The summed E-state index contributed by atoms with van der Waals surface area (Å²) in [5, 5.41) is 0. The van der Waals surface area contributed by atoms with Gasteiger partial charge in [-0.05, 0) is 43.3 Å². The number of benzene rings is 3. The van der Waals surface area contributed by atoms with E-state index in [-0.39, 0.29) is 13.2 Å². The molecule has 0 aliphatic rings. The van der Waals surface area contributed by atoms with E-state index in [0.29, 0.717) is 23.9 Å². The molecule has 1 heterocycles. The molecule has 0 spiro atoms. The van der Waals surface area contributed by atoms with Gasteiger partial charge in [0, 0.05) is 0 Å². The highest BCUT2D eigenvalue weighted by molar-refractivity contribution is 5.80. The monoisotopic (exact) mass is 402 g/mol. The predicted octanol–water partition coefficient (Wildman–Crippen LogP) is 4.62. The van der Waals surface area contributed by atoms with Crippen molar-refractivity contribution in [2.75, 3.05) is 6.61 Å². The normalized spacial score (nSPS) is 10.7. The van der Waals surface area contributed by atoms with Gasteiger partial charge in [0.2, 0.25) is 0 Å². The summed E-state index contributed by atoms with van der Waals surface area (Å²) < 4.78 is 18.8. The van der Waals surface area contributed by atoms with Crippen molar-refractivity contribution in [1.82, 2.24) is 9.55 Å². The summed E-state index contributed by atoms with van der Waals surface area (Å²) in [7, 11) is 0. The van der Waals surface area contributed by atoms with E-state index in [1.165, 1.54) is 0 Å². The molecule has 0 unspecified atom stereocenters. The molecular formula is C24H22N2O4.